The highest BCUT2D eigenvalue weighted by molar-refractivity contribution is 6.30. The Morgan fingerprint density at radius 2 is 2.00 bits per heavy atom. The van der Waals surface area contributed by atoms with Gasteiger partial charge in [-0.15, -0.1) is 0 Å². The maximum Gasteiger partial charge on any atom is 0.270 e. The van der Waals surface area contributed by atoms with E-state index in [1.54, 1.807) is 12.1 Å². The second-order valence-electron chi connectivity index (χ2n) is 3.86. The summed E-state index contributed by atoms with van der Waals surface area (Å²) in [6.45, 7) is 3.65. The second-order valence-corrected chi connectivity index (χ2v) is 4.21. The lowest BCUT2D eigenvalue weighted by Crippen LogP contribution is -1.97. The van der Waals surface area contributed by atoms with Crippen LogP contribution in [0.25, 0.3) is 11.4 Å². The Bertz CT molecular complexity index is 605. The fourth-order valence-corrected chi connectivity index (χ4v) is 1.70. The predicted molar refractivity (Wildman–Crippen MR) is 68.6 cm³/mol. The number of aryl methyl sites for hydroxylation is 1. The van der Waals surface area contributed by atoms with E-state index >= 15 is 0 Å². The standard InChI is InChI=1S/C12H10ClN3O2/c1-7-8(2)14-12(15-11(7)13)9-4-3-5-10(6-9)16(17)18/h3-6H,1-2H3. The number of aromatic nitrogens is 2. The molecule has 18 heavy (non-hydrogen) atoms. The van der Waals surface area contributed by atoms with E-state index in [1.165, 1.54) is 12.1 Å². The lowest BCUT2D eigenvalue weighted by atomic mass is 10.2. The highest BCUT2D eigenvalue weighted by Gasteiger charge is 2.11. The van der Waals surface area contributed by atoms with E-state index < -0.39 is 4.92 Å². The Labute approximate surface area is 109 Å². The van der Waals surface area contributed by atoms with Gasteiger partial charge in [-0.25, -0.2) is 9.97 Å². The third-order valence-electron chi connectivity index (χ3n) is 2.64. The minimum absolute atomic E-state index is 0.00505. The molecule has 6 heteroatoms. The van der Waals surface area contributed by atoms with E-state index in [0.717, 1.165) is 11.3 Å². The first kappa shape index (κ1) is 12.4. The molecule has 0 radical (unpaired) electrons. The van der Waals surface area contributed by atoms with Crippen LogP contribution in [0.4, 0.5) is 5.69 Å². The number of nitro groups is 1. The zero-order valence-electron chi connectivity index (χ0n) is 9.85. The molecule has 2 rings (SSSR count). The highest BCUT2D eigenvalue weighted by Crippen LogP contribution is 2.24. The predicted octanol–water partition coefficient (Wildman–Crippen LogP) is 3.32. The van der Waals surface area contributed by atoms with Crippen LogP contribution in [0.15, 0.2) is 24.3 Å². The van der Waals surface area contributed by atoms with Gasteiger partial charge in [-0.3, -0.25) is 10.1 Å². The van der Waals surface area contributed by atoms with Crippen molar-refractivity contribution in [3.05, 3.63) is 50.8 Å². The summed E-state index contributed by atoms with van der Waals surface area (Å²) in [5.74, 6) is 0.395. The van der Waals surface area contributed by atoms with Crippen molar-refractivity contribution in [3.63, 3.8) is 0 Å². The summed E-state index contributed by atoms with van der Waals surface area (Å²) in [5.41, 5.74) is 2.15. The third kappa shape index (κ3) is 2.31. The van der Waals surface area contributed by atoms with Crippen LogP contribution in [-0.4, -0.2) is 14.9 Å². The van der Waals surface area contributed by atoms with Crippen LogP contribution in [0.5, 0.6) is 0 Å². The molecule has 92 valence electrons. The molecule has 0 aliphatic heterocycles. The van der Waals surface area contributed by atoms with Crippen molar-refractivity contribution >= 4 is 17.3 Å². The molecule has 5 nitrogen and oxygen atoms in total. The molecule has 0 aliphatic rings. The van der Waals surface area contributed by atoms with Crippen LogP contribution in [-0.2, 0) is 0 Å². The Morgan fingerprint density at radius 3 is 2.61 bits per heavy atom. The van der Waals surface area contributed by atoms with Crippen LogP contribution in [0, 0.1) is 24.0 Å². The van der Waals surface area contributed by atoms with E-state index in [4.69, 9.17) is 11.6 Å². The summed E-state index contributed by atoms with van der Waals surface area (Å²) >= 11 is 5.99. The van der Waals surface area contributed by atoms with Crippen molar-refractivity contribution in [1.29, 1.82) is 0 Å². The van der Waals surface area contributed by atoms with Gasteiger partial charge in [0.1, 0.15) is 5.15 Å². The van der Waals surface area contributed by atoms with Crippen LogP contribution in [0.1, 0.15) is 11.3 Å². The molecule has 0 N–H and O–H groups in total. The summed E-state index contributed by atoms with van der Waals surface area (Å²) in [4.78, 5) is 18.7. The molecule has 1 heterocycles. The Morgan fingerprint density at radius 1 is 1.28 bits per heavy atom. The van der Waals surface area contributed by atoms with Gasteiger partial charge in [-0.05, 0) is 13.8 Å². The first-order chi connectivity index (χ1) is 8.49. The SMILES string of the molecule is Cc1nc(-c2cccc([N+](=O)[O-])c2)nc(Cl)c1C. The van der Waals surface area contributed by atoms with Gasteiger partial charge in [-0.1, -0.05) is 23.7 Å². The fraction of sp³-hybridized carbons (Fsp3) is 0.167. The number of rotatable bonds is 2. The Hall–Kier alpha value is -2.01. The Kier molecular flexibility index (Phi) is 3.25. The molecule has 0 aliphatic carbocycles. The van der Waals surface area contributed by atoms with E-state index in [0.29, 0.717) is 16.5 Å². The van der Waals surface area contributed by atoms with Crippen molar-refractivity contribution in [2.45, 2.75) is 13.8 Å². The quantitative estimate of drug-likeness (QED) is 0.473. The van der Waals surface area contributed by atoms with E-state index in [-0.39, 0.29) is 5.69 Å². The number of benzene rings is 1. The van der Waals surface area contributed by atoms with Crippen LogP contribution in [0.2, 0.25) is 5.15 Å². The topological polar surface area (TPSA) is 68.9 Å². The normalized spacial score (nSPS) is 10.4. The van der Waals surface area contributed by atoms with Crippen molar-refractivity contribution in [3.8, 4) is 11.4 Å². The van der Waals surface area contributed by atoms with Gasteiger partial charge in [0.05, 0.1) is 4.92 Å². The summed E-state index contributed by atoms with van der Waals surface area (Å²) in [6.07, 6.45) is 0. The third-order valence-corrected chi connectivity index (χ3v) is 3.01. The minimum Gasteiger partial charge on any atom is -0.258 e. The summed E-state index contributed by atoms with van der Waals surface area (Å²) < 4.78 is 0. The average Bonchev–Trinajstić information content (AvgIpc) is 2.35. The summed E-state index contributed by atoms with van der Waals surface area (Å²) in [7, 11) is 0. The molecule has 1 aromatic carbocycles. The maximum absolute atomic E-state index is 10.7. The first-order valence-corrected chi connectivity index (χ1v) is 5.62. The van der Waals surface area contributed by atoms with Crippen molar-refractivity contribution < 1.29 is 4.92 Å². The van der Waals surface area contributed by atoms with Crippen LogP contribution >= 0.6 is 11.6 Å². The number of nitro benzene ring substituents is 1. The van der Waals surface area contributed by atoms with Crippen molar-refractivity contribution in [2.24, 2.45) is 0 Å². The number of nitrogens with zero attached hydrogens (tertiary/aromatic N) is 3. The van der Waals surface area contributed by atoms with Gasteiger partial charge < -0.3 is 0 Å². The molecule has 0 atom stereocenters. The van der Waals surface area contributed by atoms with E-state index in [2.05, 4.69) is 9.97 Å². The molecule has 1 aromatic heterocycles. The van der Waals surface area contributed by atoms with E-state index in [9.17, 15) is 10.1 Å². The van der Waals surface area contributed by atoms with E-state index in [1.807, 2.05) is 13.8 Å². The molecule has 0 unspecified atom stereocenters. The molecule has 0 bridgehead atoms. The Balaban J connectivity index is 2.55. The van der Waals surface area contributed by atoms with Crippen molar-refractivity contribution in [2.75, 3.05) is 0 Å². The van der Waals surface area contributed by atoms with Crippen LogP contribution < -0.4 is 0 Å². The summed E-state index contributed by atoms with van der Waals surface area (Å²) in [5, 5.41) is 11.1. The number of hydrogen-bond donors (Lipinski definition) is 0. The molecule has 0 saturated heterocycles. The number of halogens is 1. The molecule has 0 saturated carbocycles. The lowest BCUT2D eigenvalue weighted by Gasteiger charge is -2.05. The average molecular weight is 264 g/mol. The molecule has 2 aromatic rings. The maximum atomic E-state index is 10.7. The van der Waals surface area contributed by atoms with Gasteiger partial charge in [0.25, 0.3) is 5.69 Å². The van der Waals surface area contributed by atoms with Gasteiger partial charge >= 0.3 is 0 Å². The summed E-state index contributed by atoms with van der Waals surface area (Å²) in [6, 6.07) is 6.17. The lowest BCUT2D eigenvalue weighted by molar-refractivity contribution is -0.384. The van der Waals surface area contributed by atoms with Crippen molar-refractivity contribution in [1.82, 2.24) is 9.97 Å². The second kappa shape index (κ2) is 4.70. The smallest absolute Gasteiger partial charge is 0.258 e. The van der Waals surface area contributed by atoms with Gasteiger partial charge in [0, 0.05) is 29.0 Å². The molecular weight excluding hydrogens is 254 g/mol. The van der Waals surface area contributed by atoms with Crippen LogP contribution in [0.3, 0.4) is 0 Å². The van der Waals surface area contributed by atoms with Gasteiger partial charge in [0.2, 0.25) is 0 Å². The zero-order chi connectivity index (χ0) is 13.3. The zero-order valence-corrected chi connectivity index (χ0v) is 10.6. The molecule has 0 amide bonds. The molecule has 0 fully saturated rings. The minimum atomic E-state index is -0.452. The van der Waals surface area contributed by atoms with Gasteiger partial charge in [0.15, 0.2) is 5.82 Å². The number of hydrogen-bond acceptors (Lipinski definition) is 4. The number of non-ortho nitro benzene ring substituents is 1. The van der Waals surface area contributed by atoms with Gasteiger partial charge in [-0.2, -0.15) is 0 Å². The molecule has 0 spiro atoms. The largest absolute Gasteiger partial charge is 0.270 e. The monoisotopic (exact) mass is 263 g/mol. The first-order valence-electron chi connectivity index (χ1n) is 5.24. The highest BCUT2D eigenvalue weighted by atomic mass is 35.5. The molecular formula is C12H10ClN3O2. The fourth-order valence-electron chi connectivity index (χ4n) is 1.48.